The molecular formula is C38H41N3O6S. The molecule has 1 heterocycles. The molecule has 1 aliphatic rings. The number of urea groups is 1. The van der Waals surface area contributed by atoms with E-state index in [2.05, 4.69) is 22.9 Å². The molecule has 1 aliphatic heterocycles. The minimum Gasteiger partial charge on any atom is -0.392 e. The van der Waals surface area contributed by atoms with Crippen LogP contribution in [0.3, 0.4) is 0 Å². The fourth-order valence-corrected chi connectivity index (χ4v) is 6.63. The maximum atomic E-state index is 13.0. The molecule has 10 heteroatoms. The lowest BCUT2D eigenvalue weighted by Crippen LogP contribution is -2.43. The summed E-state index contributed by atoms with van der Waals surface area (Å²) in [7, 11) is 0. The van der Waals surface area contributed by atoms with Crippen LogP contribution in [0.4, 0.5) is 16.2 Å². The summed E-state index contributed by atoms with van der Waals surface area (Å²) in [5.41, 5.74) is 4.76. The third-order valence-corrected chi connectivity index (χ3v) is 9.31. The average Bonchev–Trinajstić information content (AvgIpc) is 3.08. The maximum Gasteiger partial charge on any atom is 0.319 e. The van der Waals surface area contributed by atoms with Crippen molar-refractivity contribution in [3.8, 4) is 0 Å². The second-order valence-corrected chi connectivity index (χ2v) is 13.0. The summed E-state index contributed by atoms with van der Waals surface area (Å²) in [5.74, 6) is 0.395. The van der Waals surface area contributed by atoms with Gasteiger partial charge in [-0.15, -0.1) is 11.8 Å². The van der Waals surface area contributed by atoms with Crippen LogP contribution >= 0.6 is 11.8 Å². The van der Waals surface area contributed by atoms with E-state index < -0.39 is 18.4 Å². The number of aliphatic hydroxyl groups excluding tert-OH is 1. The van der Waals surface area contributed by atoms with Crippen molar-refractivity contribution in [1.29, 1.82) is 0 Å². The molecule has 250 valence electrons. The van der Waals surface area contributed by atoms with E-state index in [4.69, 9.17) is 9.47 Å². The highest BCUT2D eigenvalue weighted by Crippen LogP contribution is 2.43. The van der Waals surface area contributed by atoms with Crippen LogP contribution in [0.2, 0.25) is 0 Å². The van der Waals surface area contributed by atoms with Crippen LogP contribution in [-0.2, 0) is 32.1 Å². The van der Waals surface area contributed by atoms with Gasteiger partial charge < -0.3 is 30.5 Å². The average molecular weight is 668 g/mol. The lowest BCUT2D eigenvalue weighted by Gasteiger charge is -2.41. The molecule has 4 aromatic carbocycles. The molecule has 1 saturated heterocycles. The Balaban J connectivity index is 1.31. The maximum absolute atomic E-state index is 13.0. The summed E-state index contributed by atoms with van der Waals surface area (Å²) in [6, 6.07) is 31.2. The van der Waals surface area contributed by atoms with E-state index in [-0.39, 0.29) is 36.4 Å². The van der Waals surface area contributed by atoms with Crippen molar-refractivity contribution >= 4 is 40.9 Å². The number of hydrogen-bond acceptors (Lipinski definition) is 7. The quantitative estimate of drug-likeness (QED) is 0.119. The SMILES string of the molecule is CC(=O)Nc1ccc(SCC2OC(c3cccc(NC(=O)NC(Cc4ccccc4)C(C)=O)c3)OC(c3ccc(CO)cc3)C2C)cc1. The number of amides is 3. The van der Waals surface area contributed by atoms with Crippen LogP contribution in [0, 0.1) is 5.92 Å². The van der Waals surface area contributed by atoms with Gasteiger partial charge in [0.25, 0.3) is 0 Å². The standard InChI is InChI=1S/C38H41N3O6S/c1-24-35(23-48-33-18-16-31(17-19-33)39-26(3)44)46-37(47-36(24)29-14-12-28(22-42)13-15-29)30-10-7-11-32(21-30)40-38(45)41-34(25(2)43)20-27-8-5-4-6-9-27/h4-19,21,24,34-37,42H,20,22-23H2,1-3H3,(H,39,44)(H2,40,41,45). The fourth-order valence-electron chi connectivity index (χ4n) is 5.56. The molecule has 0 aromatic heterocycles. The van der Waals surface area contributed by atoms with Crippen molar-refractivity contribution in [2.45, 2.75) is 63.2 Å². The van der Waals surface area contributed by atoms with E-state index in [9.17, 15) is 19.5 Å². The van der Waals surface area contributed by atoms with Crippen molar-refractivity contribution in [2.75, 3.05) is 16.4 Å². The highest BCUT2D eigenvalue weighted by Gasteiger charge is 2.38. The predicted molar refractivity (Wildman–Crippen MR) is 188 cm³/mol. The van der Waals surface area contributed by atoms with Crippen LogP contribution in [0.5, 0.6) is 0 Å². The lowest BCUT2D eigenvalue weighted by atomic mass is 9.91. The number of carbonyl (C=O) groups excluding carboxylic acids is 3. The Kier molecular flexibility index (Phi) is 12.0. The van der Waals surface area contributed by atoms with Crippen LogP contribution in [-0.4, -0.2) is 40.7 Å². The molecule has 0 saturated carbocycles. The number of thioether (sulfide) groups is 1. The predicted octanol–water partition coefficient (Wildman–Crippen LogP) is 7.04. The van der Waals surface area contributed by atoms with Gasteiger partial charge in [-0.3, -0.25) is 9.59 Å². The number of rotatable bonds is 12. The van der Waals surface area contributed by atoms with Gasteiger partial charge in [0, 0.05) is 40.4 Å². The largest absolute Gasteiger partial charge is 0.392 e. The molecule has 5 atom stereocenters. The second kappa shape index (κ2) is 16.6. The molecule has 48 heavy (non-hydrogen) atoms. The van der Waals surface area contributed by atoms with Crippen molar-refractivity contribution in [3.63, 3.8) is 0 Å². The van der Waals surface area contributed by atoms with Crippen molar-refractivity contribution in [3.05, 3.63) is 125 Å². The van der Waals surface area contributed by atoms with Crippen LogP contribution in [0.15, 0.2) is 108 Å². The fraction of sp³-hybridized carbons (Fsp3) is 0.289. The molecule has 3 amide bonds. The summed E-state index contributed by atoms with van der Waals surface area (Å²) in [6.45, 7) is 5.01. The van der Waals surface area contributed by atoms with Gasteiger partial charge in [0.05, 0.1) is 24.9 Å². The summed E-state index contributed by atoms with van der Waals surface area (Å²) in [4.78, 5) is 37.8. The van der Waals surface area contributed by atoms with Crippen molar-refractivity contribution in [2.24, 2.45) is 5.92 Å². The number of carbonyl (C=O) groups is 3. The van der Waals surface area contributed by atoms with Gasteiger partial charge in [-0.25, -0.2) is 4.79 Å². The van der Waals surface area contributed by atoms with Gasteiger partial charge in [0.2, 0.25) is 5.91 Å². The van der Waals surface area contributed by atoms with Gasteiger partial charge in [-0.05, 0) is 66.4 Å². The molecule has 0 bridgehead atoms. The molecule has 4 N–H and O–H groups in total. The van der Waals surface area contributed by atoms with E-state index in [1.54, 1.807) is 17.8 Å². The van der Waals surface area contributed by atoms with Gasteiger partial charge in [0.15, 0.2) is 12.1 Å². The molecule has 0 spiro atoms. The third kappa shape index (κ3) is 9.54. The van der Waals surface area contributed by atoms with Gasteiger partial charge in [-0.1, -0.05) is 73.7 Å². The molecular weight excluding hydrogens is 627 g/mol. The van der Waals surface area contributed by atoms with E-state index in [0.717, 1.165) is 32.8 Å². The molecule has 4 aromatic rings. The summed E-state index contributed by atoms with van der Waals surface area (Å²) >= 11 is 1.66. The number of ketones is 1. The highest BCUT2D eigenvalue weighted by molar-refractivity contribution is 7.99. The topological polar surface area (TPSA) is 126 Å². The lowest BCUT2D eigenvalue weighted by molar-refractivity contribution is -0.268. The highest BCUT2D eigenvalue weighted by atomic mass is 32.2. The van der Waals surface area contributed by atoms with E-state index in [1.165, 1.54) is 13.8 Å². The molecule has 0 radical (unpaired) electrons. The van der Waals surface area contributed by atoms with Gasteiger partial charge in [-0.2, -0.15) is 0 Å². The second-order valence-electron chi connectivity index (χ2n) is 11.9. The number of anilines is 2. The minimum atomic E-state index is -0.718. The Hall–Kier alpha value is -4.48. The Labute approximate surface area is 285 Å². The zero-order valence-electron chi connectivity index (χ0n) is 27.2. The summed E-state index contributed by atoms with van der Waals surface area (Å²) in [5, 5.41) is 18.0. The third-order valence-electron chi connectivity index (χ3n) is 8.21. The Morgan fingerprint density at radius 3 is 2.19 bits per heavy atom. The van der Waals surface area contributed by atoms with E-state index in [1.807, 2.05) is 97.1 Å². The summed E-state index contributed by atoms with van der Waals surface area (Å²) in [6.07, 6.45) is -0.811. The number of ether oxygens (including phenoxy) is 2. The van der Waals surface area contributed by atoms with E-state index in [0.29, 0.717) is 17.9 Å². The van der Waals surface area contributed by atoms with Gasteiger partial charge in [0.1, 0.15) is 0 Å². The Bertz CT molecular complexity index is 1680. The zero-order chi connectivity index (χ0) is 34.0. The first-order chi connectivity index (χ1) is 23.2. The van der Waals surface area contributed by atoms with Crippen molar-refractivity contribution < 1.29 is 29.0 Å². The van der Waals surface area contributed by atoms with Crippen LogP contribution < -0.4 is 16.0 Å². The van der Waals surface area contributed by atoms with E-state index >= 15 is 0 Å². The number of aliphatic hydroxyl groups is 1. The van der Waals surface area contributed by atoms with Gasteiger partial charge >= 0.3 is 6.03 Å². The minimum absolute atomic E-state index is 0.00686. The van der Waals surface area contributed by atoms with Crippen LogP contribution in [0.25, 0.3) is 0 Å². The summed E-state index contributed by atoms with van der Waals surface area (Å²) < 4.78 is 13.2. The number of nitrogens with one attached hydrogen (secondary N) is 3. The molecule has 5 rings (SSSR count). The van der Waals surface area contributed by atoms with Crippen LogP contribution in [0.1, 0.15) is 55.4 Å². The normalized spacial score (nSPS) is 19.6. The first-order valence-corrected chi connectivity index (χ1v) is 16.9. The molecule has 0 aliphatic carbocycles. The number of Topliss-reactive ketones (excluding diaryl/α,β-unsaturated/α-hetero) is 1. The molecule has 5 unspecified atom stereocenters. The number of benzene rings is 4. The monoisotopic (exact) mass is 667 g/mol. The first-order valence-electron chi connectivity index (χ1n) is 15.9. The molecule has 1 fully saturated rings. The molecule has 9 nitrogen and oxygen atoms in total. The zero-order valence-corrected chi connectivity index (χ0v) is 28.0. The Morgan fingerprint density at radius 1 is 0.792 bits per heavy atom. The smallest absolute Gasteiger partial charge is 0.319 e. The van der Waals surface area contributed by atoms with Crippen molar-refractivity contribution in [1.82, 2.24) is 5.32 Å². The first kappa shape index (κ1) is 34.8. The number of hydrogen-bond donors (Lipinski definition) is 4. The Morgan fingerprint density at radius 2 is 1.52 bits per heavy atom.